The number of benzene rings is 1. The SMILES string of the molecule is CCC(=O)C(C)n1ncc2ccc([N+](=O)[O-])cc21. The van der Waals surface area contributed by atoms with Crippen LogP contribution in [-0.4, -0.2) is 20.5 Å². The van der Waals surface area contributed by atoms with Gasteiger partial charge in [-0.1, -0.05) is 6.92 Å². The molecule has 0 bridgehead atoms. The number of nitro groups is 1. The topological polar surface area (TPSA) is 78.0 Å². The number of hydrogen-bond donors (Lipinski definition) is 0. The van der Waals surface area contributed by atoms with Gasteiger partial charge in [-0.3, -0.25) is 19.6 Å². The predicted molar refractivity (Wildman–Crippen MR) is 66.4 cm³/mol. The summed E-state index contributed by atoms with van der Waals surface area (Å²) in [7, 11) is 0. The summed E-state index contributed by atoms with van der Waals surface area (Å²) in [5, 5.41) is 15.7. The number of rotatable bonds is 4. The van der Waals surface area contributed by atoms with Gasteiger partial charge in [-0.05, 0) is 13.0 Å². The van der Waals surface area contributed by atoms with Gasteiger partial charge in [0, 0.05) is 23.9 Å². The van der Waals surface area contributed by atoms with E-state index < -0.39 is 11.0 Å². The number of aromatic nitrogens is 2. The van der Waals surface area contributed by atoms with Gasteiger partial charge in [0.05, 0.1) is 16.6 Å². The van der Waals surface area contributed by atoms with E-state index in [-0.39, 0.29) is 11.5 Å². The van der Waals surface area contributed by atoms with Crippen molar-refractivity contribution in [2.24, 2.45) is 0 Å². The molecule has 0 saturated carbocycles. The van der Waals surface area contributed by atoms with Crippen LogP contribution in [0.3, 0.4) is 0 Å². The van der Waals surface area contributed by atoms with Crippen molar-refractivity contribution in [3.63, 3.8) is 0 Å². The fourth-order valence-corrected chi connectivity index (χ4v) is 1.88. The van der Waals surface area contributed by atoms with Gasteiger partial charge in [-0.25, -0.2) is 0 Å². The smallest absolute Gasteiger partial charge is 0.271 e. The normalized spacial score (nSPS) is 12.6. The zero-order valence-electron chi connectivity index (χ0n) is 10.2. The minimum absolute atomic E-state index is 0.000368. The second-order valence-electron chi connectivity index (χ2n) is 4.09. The van der Waals surface area contributed by atoms with E-state index in [1.54, 1.807) is 26.1 Å². The van der Waals surface area contributed by atoms with Crippen LogP contribution in [0.15, 0.2) is 24.4 Å². The monoisotopic (exact) mass is 247 g/mol. The van der Waals surface area contributed by atoms with Gasteiger partial charge >= 0.3 is 0 Å². The van der Waals surface area contributed by atoms with Crippen molar-refractivity contribution in [2.75, 3.05) is 0 Å². The molecule has 0 aliphatic rings. The molecule has 6 nitrogen and oxygen atoms in total. The van der Waals surface area contributed by atoms with Gasteiger partial charge in [0.1, 0.15) is 6.04 Å². The Morgan fingerprint density at radius 2 is 2.28 bits per heavy atom. The number of fused-ring (bicyclic) bond motifs is 1. The highest BCUT2D eigenvalue weighted by atomic mass is 16.6. The van der Waals surface area contributed by atoms with Crippen LogP contribution >= 0.6 is 0 Å². The molecule has 0 radical (unpaired) electrons. The molecule has 18 heavy (non-hydrogen) atoms. The van der Waals surface area contributed by atoms with E-state index in [0.717, 1.165) is 5.39 Å². The third kappa shape index (κ3) is 1.97. The lowest BCUT2D eigenvalue weighted by atomic mass is 10.1. The Hall–Kier alpha value is -2.24. The predicted octanol–water partition coefficient (Wildman–Crippen LogP) is 2.48. The number of nitro benzene ring substituents is 1. The molecule has 0 N–H and O–H groups in total. The van der Waals surface area contributed by atoms with Gasteiger partial charge in [-0.15, -0.1) is 0 Å². The summed E-state index contributed by atoms with van der Waals surface area (Å²) in [6.07, 6.45) is 2.02. The first-order valence-electron chi connectivity index (χ1n) is 5.69. The van der Waals surface area contributed by atoms with Gasteiger partial charge in [0.2, 0.25) is 0 Å². The highest BCUT2D eigenvalue weighted by molar-refractivity contribution is 5.86. The molecule has 1 aromatic carbocycles. The van der Waals surface area contributed by atoms with Crippen LogP contribution in [0.2, 0.25) is 0 Å². The molecule has 6 heteroatoms. The molecule has 1 heterocycles. The first-order valence-corrected chi connectivity index (χ1v) is 5.69. The van der Waals surface area contributed by atoms with Crippen LogP contribution < -0.4 is 0 Å². The molecule has 0 aliphatic carbocycles. The number of Topliss-reactive ketones (excluding diaryl/α,β-unsaturated/α-hetero) is 1. The Morgan fingerprint density at radius 3 is 2.89 bits per heavy atom. The van der Waals surface area contributed by atoms with E-state index in [1.165, 1.54) is 16.8 Å². The Balaban J connectivity index is 2.55. The summed E-state index contributed by atoms with van der Waals surface area (Å²) < 4.78 is 1.54. The molecule has 2 aromatic rings. The molecule has 1 aromatic heterocycles. The van der Waals surface area contributed by atoms with Gasteiger partial charge in [0.15, 0.2) is 5.78 Å². The van der Waals surface area contributed by atoms with Crippen molar-refractivity contribution in [3.8, 4) is 0 Å². The highest BCUT2D eigenvalue weighted by Gasteiger charge is 2.17. The molecular weight excluding hydrogens is 234 g/mol. The zero-order valence-corrected chi connectivity index (χ0v) is 10.2. The zero-order chi connectivity index (χ0) is 13.3. The molecular formula is C12H13N3O3. The molecule has 0 saturated heterocycles. The average Bonchev–Trinajstić information content (AvgIpc) is 2.79. The molecule has 0 amide bonds. The first-order chi connectivity index (χ1) is 8.54. The van der Waals surface area contributed by atoms with Crippen LogP contribution in [-0.2, 0) is 4.79 Å². The lowest BCUT2D eigenvalue weighted by Crippen LogP contribution is -2.16. The van der Waals surface area contributed by atoms with Gasteiger partial charge < -0.3 is 0 Å². The standard InChI is InChI=1S/C12H13N3O3/c1-3-12(16)8(2)14-11-6-10(15(17)18)5-4-9(11)7-13-14/h4-8H,3H2,1-2H3. The van der Waals surface area contributed by atoms with Gasteiger partial charge in [0.25, 0.3) is 5.69 Å². The fraction of sp³-hybridized carbons (Fsp3) is 0.333. The number of non-ortho nitro benzene ring substituents is 1. The van der Waals surface area contributed by atoms with Gasteiger partial charge in [-0.2, -0.15) is 5.10 Å². The minimum atomic E-state index is -0.455. The Labute approximate surface area is 103 Å². The van der Waals surface area contributed by atoms with Crippen LogP contribution in [0.25, 0.3) is 10.9 Å². The van der Waals surface area contributed by atoms with Crippen LogP contribution in [0.1, 0.15) is 26.3 Å². The van der Waals surface area contributed by atoms with Crippen molar-refractivity contribution < 1.29 is 9.72 Å². The lowest BCUT2D eigenvalue weighted by molar-refractivity contribution is -0.384. The first kappa shape index (κ1) is 12.2. The summed E-state index contributed by atoms with van der Waals surface area (Å²) >= 11 is 0. The third-order valence-corrected chi connectivity index (χ3v) is 2.97. The second-order valence-corrected chi connectivity index (χ2v) is 4.09. The molecule has 0 aliphatic heterocycles. The summed E-state index contributed by atoms with van der Waals surface area (Å²) in [5.41, 5.74) is 0.610. The van der Waals surface area contributed by atoms with Crippen molar-refractivity contribution >= 4 is 22.4 Å². The summed E-state index contributed by atoms with van der Waals surface area (Å²) in [5.74, 6) is 0.0477. The number of carbonyl (C=O) groups is 1. The molecule has 0 fully saturated rings. The quantitative estimate of drug-likeness (QED) is 0.614. The molecule has 94 valence electrons. The minimum Gasteiger partial charge on any atom is -0.297 e. The largest absolute Gasteiger partial charge is 0.297 e. The second kappa shape index (κ2) is 4.56. The highest BCUT2D eigenvalue weighted by Crippen LogP contribution is 2.23. The Kier molecular flexibility index (Phi) is 3.10. The van der Waals surface area contributed by atoms with E-state index >= 15 is 0 Å². The third-order valence-electron chi connectivity index (χ3n) is 2.97. The summed E-state index contributed by atoms with van der Waals surface area (Å²) in [4.78, 5) is 22.0. The summed E-state index contributed by atoms with van der Waals surface area (Å²) in [6.45, 7) is 3.53. The summed E-state index contributed by atoms with van der Waals surface area (Å²) in [6, 6.07) is 4.11. The van der Waals surface area contributed by atoms with E-state index in [1.807, 2.05) is 0 Å². The molecule has 2 rings (SSSR count). The average molecular weight is 247 g/mol. The maximum atomic E-state index is 11.7. The van der Waals surface area contributed by atoms with Crippen LogP contribution in [0, 0.1) is 10.1 Å². The van der Waals surface area contributed by atoms with E-state index in [2.05, 4.69) is 5.10 Å². The van der Waals surface area contributed by atoms with Crippen molar-refractivity contribution in [2.45, 2.75) is 26.3 Å². The molecule has 0 spiro atoms. The lowest BCUT2D eigenvalue weighted by Gasteiger charge is -2.10. The Bertz CT molecular complexity index is 618. The maximum absolute atomic E-state index is 11.7. The maximum Gasteiger partial charge on any atom is 0.271 e. The number of nitrogens with zero attached hydrogens (tertiary/aromatic N) is 3. The number of ketones is 1. The number of hydrogen-bond acceptors (Lipinski definition) is 4. The van der Waals surface area contributed by atoms with E-state index in [9.17, 15) is 14.9 Å². The molecule has 1 unspecified atom stereocenters. The van der Waals surface area contributed by atoms with E-state index in [0.29, 0.717) is 11.9 Å². The molecule has 1 atom stereocenters. The van der Waals surface area contributed by atoms with E-state index in [4.69, 9.17) is 0 Å². The van der Waals surface area contributed by atoms with Crippen LogP contribution in [0.4, 0.5) is 5.69 Å². The Morgan fingerprint density at radius 1 is 1.56 bits per heavy atom. The number of carbonyl (C=O) groups excluding carboxylic acids is 1. The van der Waals surface area contributed by atoms with Crippen molar-refractivity contribution in [1.29, 1.82) is 0 Å². The van der Waals surface area contributed by atoms with Crippen molar-refractivity contribution in [3.05, 3.63) is 34.5 Å². The fourth-order valence-electron chi connectivity index (χ4n) is 1.88. The van der Waals surface area contributed by atoms with Crippen molar-refractivity contribution in [1.82, 2.24) is 9.78 Å². The van der Waals surface area contributed by atoms with Crippen LogP contribution in [0.5, 0.6) is 0 Å².